The van der Waals surface area contributed by atoms with Gasteiger partial charge in [-0.2, -0.15) is 5.26 Å². The van der Waals surface area contributed by atoms with Crippen molar-refractivity contribution in [1.29, 1.82) is 5.26 Å². The van der Waals surface area contributed by atoms with Gasteiger partial charge in [0.1, 0.15) is 11.1 Å². The second-order valence-electron chi connectivity index (χ2n) is 8.02. The van der Waals surface area contributed by atoms with Crippen LogP contribution in [0.5, 0.6) is 0 Å². The molecule has 37 heavy (non-hydrogen) atoms. The number of carbonyl (C=O) groups is 2. The summed E-state index contributed by atoms with van der Waals surface area (Å²) in [6, 6.07) is 26.0. The molecule has 0 aliphatic rings. The Morgan fingerprint density at radius 2 is 1.62 bits per heavy atom. The Bertz CT molecular complexity index is 1490. The van der Waals surface area contributed by atoms with E-state index in [9.17, 15) is 14.9 Å². The lowest BCUT2D eigenvalue weighted by Crippen LogP contribution is -2.42. The van der Waals surface area contributed by atoms with Gasteiger partial charge in [-0.05, 0) is 55.0 Å². The highest BCUT2D eigenvalue weighted by atomic mass is 79.9. The number of nitriles is 1. The van der Waals surface area contributed by atoms with Crippen molar-refractivity contribution >= 4 is 51.1 Å². The Morgan fingerprint density at radius 3 is 2.27 bits per heavy atom. The number of carbonyl (C=O) groups excluding carboxylic acids is 2. The van der Waals surface area contributed by atoms with Gasteiger partial charge in [0.15, 0.2) is 0 Å². The molecule has 0 saturated carbocycles. The van der Waals surface area contributed by atoms with Crippen molar-refractivity contribution in [2.75, 3.05) is 5.75 Å². The molecule has 1 aromatic heterocycles. The average Bonchev–Trinajstić information content (AvgIpc) is 2.91. The number of hydrogen-bond donors (Lipinski definition) is 2. The van der Waals surface area contributed by atoms with Crippen molar-refractivity contribution in [3.63, 3.8) is 0 Å². The number of aromatic nitrogens is 1. The molecule has 2 N–H and O–H groups in total. The fourth-order valence-electron chi connectivity index (χ4n) is 3.43. The number of benzene rings is 3. The van der Waals surface area contributed by atoms with Crippen molar-refractivity contribution < 1.29 is 9.59 Å². The van der Waals surface area contributed by atoms with Crippen molar-refractivity contribution in [2.24, 2.45) is 0 Å². The van der Waals surface area contributed by atoms with Crippen LogP contribution in [-0.4, -0.2) is 22.6 Å². The van der Waals surface area contributed by atoms with Gasteiger partial charge in [0, 0.05) is 26.2 Å². The minimum atomic E-state index is -0.437. The monoisotopic (exact) mass is 590 g/mol. The summed E-state index contributed by atoms with van der Waals surface area (Å²) in [5.41, 5.74) is 9.76. The molecule has 3 aromatic carbocycles. The lowest BCUT2D eigenvalue weighted by atomic mass is 9.99. The predicted molar refractivity (Wildman–Crippen MR) is 150 cm³/mol. The van der Waals surface area contributed by atoms with Crippen molar-refractivity contribution in [1.82, 2.24) is 15.8 Å². The first-order valence-corrected chi connectivity index (χ1v) is 13.3. The number of aryl methyl sites for hydroxylation is 1. The van der Waals surface area contributed by atoms with E-state index in [2.05, 4.69) is 32.9 Å². The first-order chi connectivity index (χ1) is 17.8. The third-order valence-electron chi connectivity index (χ3n) is 5.36. The molecular formula is C28H20BrClN4O2S. The van der Waals surface area contributed by atoms with Crippen LogP contribution in [-0.2, 0) is 4.79 Å². The van der Waals surface area contributed by atoms with E-state index in [1.54, 1.807) is 36.4 Å². The average molecular weight is 592 g/mol. The van der Waals surface area contributed by atoms with Gasteiger partial charge in [-0.1, -0.05) is 81.3 Å². The summed E-state index contributed by atoms with van der Waals surface area (Å²) in [5, 5.41) is 11.0. The number of thioether (sulfide) groups is 1. The zero-order chi connectivity index (χ0) is 26.4. The summed E-state index contributed by atoms with van der Waals surface area (Å²) in [4.78, 5) is 29.5. The standard InChI is InChI=1S/C28H20BrClN4O2S/c1-17-2-4-19(5-3-17)25-14-23(18-8-12-22(30)13-9-18)24(15-31)28(32-25)37-16-26(35)33-34-27(36)20-6-10-21(29)11-7-20/h2-14H,16H2,1H3,(H,33,35)(H,34,36). The SMILES string of the molecule is Cc1ccc(-c2cc(-c3ccc(Cl)cc3)c(C#N)c(SCC(=O)NNC(=O)c3ccc(Br)cc3)n2)cc1. The second-order valence-corrected chi connectivity index (χ2v) is 10.3. The predicted octanol–water partition coefficient (Wildman–Crippen LogP) is 6.56. The summed E-state index contributed by atoms with van der Waals surface area (Å²) >= 11 is 10.5. The molecule has 2 amide bonds. The topological polar surface area (TPSA) is 94.9 Å². The molecule has 0 fully saturated rings. The molecule has 6 nitrogen and oxygen atoms in total. The van der Waals surface area contributed by atoms with Crippen LogP contribution in [0.3, 0.4) is 0 Å². The maximum atomic E-state index is 12.5. The molecule has 9 heteroatoms. The molecule has 0 bridgehead atoms. The van der Waals surface area contributed by atoms with E-state index in [4.69, 9.17) is 16.6 Å². The van der Waals surface area contributed by atoms with Gasteiger partial charge < -0.3 is 0 Å². The van der Waals surface area contributed by atoms with Crippen LogP contribution in [0.15, 0.2) is 88.4 Å². The molecule has 4 rings (SSSR count). The Hall–Kier alpha value is -3.64. The lowest BCUT2D eigenvalue weighted by molar-refractivity contribution is -0.119. The fraction of sp³-hybridized carbons (Fsp3) is 0.0714. The molecule has 0 aliphatic carbocycles. The molecular weight excluding hydrogens is 572 g/mol. The summed E-state index contributed by atoms with van der Waals surface area (Å²) in [7, 11) is 0. The van der Waals surface area contributed by atoms with E-state index < -0.39 is 11.8 Å². The second kappa shape index (κ2) is 12.1. The maximum absolute atomic E-state index is 12.5. The van der Waals surface area contributed by atoms with Crippen LogP contribution in [0.25, 0.3) is 22.4 Å². The molecule has 0 atom stereocenters. The molecule has 0 saturated heterocycles. The van der Waals surface area contributed by atoms with Crippen LogP contribution >= 0.6 is 39.3 Å². The molecule has 0 spiro atoms. The number of nitrogens with one attached hydrogen (secondary N) is 2. The molecule has 184 valence electrons. The highest BCUT2D eigenvalue weighted by molar-refractivity contribution is 9.10. The Kier molecular flexibility index (Phi) is 8.62. The number of hydrogen-bond acceptors (Lipinski definition) is 5. The first-order valence-electron chi connectivity index (χ1n) is 11.1. The van der Waals surface area contributed by atoms with E-state index in [0.717, 1.165) is 32.9 Å². The number of hydrazine groups is 1. The van der Waals surface area contributed by atoms with Gasteiger partial charge in [0.25, 0.3) is 5.91 Å². The van der Waals surface area contributed by atoms with Gasteiger partial charge in [-0.15, -0.1) is 0 Å². The van der Waals surface area contributed by atoms with Gasteiger partial charge in [0.05, 0.1) is 17.0 Å². The van der Waals surface area contributed by atoms with Gasteiger partial charge in [-0.25, -0.2) is 4.98 Å². The number of halogens is 2. The van der Waals surface area contributed by atoms with E-state index in [-0.39, 0.29) is 5.75 Å². The first kappa shape index (κ1) is 26.4. The quantitative estimate of drug-likeness (QED) is 0.195. The van der Waals surface area contributed by atoms with Gasteiger partial charge >= 0.3 is 0 Å². The minimum absolute atomic E-state index is 0.0558. The van der Waals surface area contributed by atoms with Crippen LogP contribution < -0.4 is 10.9 Å². The highest BCUT2D eigenvalue weighted by Gasteiger charge is 2.17. The Balaban J connectivity index is 1.57. The Morgan fingerprint density at radius 1 is 0.973 bits per heavy atom. The molecule has 1 heterocycles. The summed E-state index contributed by atoms with van der Waals surface area (Å²) in [6.45, 7) is 2.00. The zero-order valence-electron chi connectivity index (χ0n) is 19.6. The number of nitrogens with zero attached hydrogens (tertiary/aromatic N) is 2. The third-order valence-corrected chi connectivity index (χ3v) is 7.12. The largest absolute Gasteiger partial charge is 0.272 e. The van der Waals surface area contributed by atoms with Crippen LogP contribution in [0, 0.1) is 18.3 Å². The summed E-state index contributed by atoms with van der Waals surface area (Å²) in [5.74, 6) is -0.928. The highest BCUT2D eigenvalue weighted by Crippen LogP contribution is 2.34. The van der Waals surface area contributed by atoms with E-state index >= 15 is 0 Å². The van der Waals surface area contributed by atoms with E-state index in [0.29, 0.717) is 32.4 Å². The van der Waals surface area contributed by atoms with Crippen LogP contribution in [0.4, 0.5) is 0 Å². The van der Waals surface area contributed by atoms with Crippen LogP contribution in [0.1, 0.15) is 21.5 Å². The van der Waals surface area contributed by atoms with Crippen molar-refractivity contribution in [3.8, 4) is 28.5 Å². The number of amides is 2. The lowest BCUT2D eigenvalue weighted by Gasteiger charge is -2.13. The summed E-state index contributed by atoms with van der Waals surface area (Å²) < 4.78 is 0.844. The maximum Gasteiger partial charge on any atom is 0.269 e. The molecule has 0 unspecified atom stereocenters. The molecule has 0 aliphatic heterocycles. The summed E-state index contributed by atoms with van der Waals surface area (Å²) in [6.07, 6.45) is 0. The van der Waals surface area contributed by atoms with Gasteiger partial charge in [-0.3, -0.25) is 20.4 Å². The van der Waals surface area contributed by atoms with E-state index in [1.807, 2.05) is 49.4 Å². The van der Waals surface area contributed by atoms with E-state index in [1.165, 1.54) is 0 Å². The number of rotatable bonds is 6. The Labute approximate surface area is 232 Å². The number of pyridine rings is 1. The van der Waals surface area contributed by atoms with Crippen LogP contribution in [0.2, 0.25) is 5.02 Å². The zero-order valence-corrected chi connectivity index (χ0v) is 22.7. The smallest absolute Gasteiger partial charge is 0.269 e. The third kappa shape index (κ3) is 6.77. The fourth-order valence-corrected chi connectivity index (χ4v) is 4.63. The normalized spacial score (nSPS) is 10.4. The van der Waals surface area contributed by atoms with Crippen molar-refractivity contribution in [2.45, 2.75) is 11.9 Å². The minimum Gasteiger partial charge on any atom is -0.272 e. The molecule has 0 radical (unpaired) electrons. The van der Waals surface area contributed by atoms with Crippen molar-refractivity contribution in [3.05, 3.63) is 105 Å². The van der Waals surface area contributed by atoms with Gasteiger partial charge in [0.2, 0.25) is 5.91 Å². The molecule has 4 aromatic rings.